The molecule has 0 spiro atoms. The van der Waals surface area contributed by atoms with E-state index in [1.165, 1.54) is 31.2 Å². The average molecular weight is 318 g/mol. The quantitative estimate of drug-likeness (QED) is 0.512. The molecular formula is C14H11FN4O2S. The highest BCUT2D eigenvalue weighted by atomic mass is 32.2. The van der Waals surface area contributed by atoms with E-state index in [0.717, 1.165) is 11.8 Å². The first-order valence-corrected chi connectivity index (χ1v) is 7.11. The molecule has 22 heavy (non-hydrogen) atoms. The molecule has 0 aliphatic heterocycles. The lowest BCUT2D eigenvalue weighted by Crippen LogP contribution is -2.10. The molecule has 1 aromatic heterocycles. The van der Waals surface area contributed by atoms with E-state index >= 15 is 0 Å². The number of ketones is 1. The van der Waals surface area contributed by atoms with Crippen molar-refractivity contribution in [3.63, 3.8) is 0 Å². The molecule has 0 bridgehead atoms. The van der Waals surface area contributed by atoms with E-state index in [4.69, 9.17) is 15.4 Å². The van der Waals surface area contributed by atoms with Crippen LogP contribution in [0.25, 0.3) is 11.5 Å². The van der Waals surface area contributed by atoms with Gasteiger partial charge in [0.2, 0.25) is 5.89 Å². The Kier molecular flexibility index (Phi) is 4.91. The van der Waals surface area contributed by atoms with Gasteiger partial charge in [-0.15, -0.1) is 10.2 Å². The summed E-state index contributed by atoms with van der Waals surface area (Å²) in [6.07, 6.45) is 0. The molecule has 8 heteroatoms. The molecule has 0 saturated carbocycles. The maximum atomic E-state index is 12.8. The summed E-state index contributed by atoms with van der Waals surface area (Å²) >= 11 is 1.00. The van der Waals surface area contributed by atoms with Gasteiger partial charge in [-0.3, -0.25) is 4.79 Å². The van der Waals surface area contributed by atoms with Crippen LogP contribution in [-0.2, 0) is 4.79 Å². The first kappa shape index (κ1) is 15.7. The highest BCUT2D eigenvalue weighted by Crippen LogP contribution is 2.23. The summed E-state index contributed by atoms with van der Waals surface area (Å²) in [6.45, 7) is 1.49. The summed E-state index contributed by atoms with van der Waals surface area (Å²) in [5.41, 5.74) is 6.12. The predicted molar refractivity (Wildman–Crippen MR) is 77.9 cm³/mol. The van der Waals surface area contributed by atoms with E-state index in [2.05, 4.69) is 10.2 Å². The molecule has 0 aliphatic carbocycles. The third-order valence-corrected chi connectivity index (χ3v) is 3.43. The van der Waals surface area contributed by atoms with Crippen molar-refractivity contribution in [1.82, 2.24) is 10.2 Å². The summed E-state index contributed by atoms with van der Waals surface area (Å²) < 4.78 is 18.2. The zero-order chi connectivity index (χ0) is 16.1. The van der Waals surface area contributed by atoms with Crippen molar-refractivity contribution in [2.45, 2.75) is 12.1 Å². The normalized spacial score (nSPS) is 11.7. The maximum Gasteiger partial charge on any atom is 0.277 e. The Balaban J connectivity index is 2.04. The lowest BCUT2D eigenvalue weighted by molar-refractivity contribution is -0.112. The molecule has 1 aromatic carbocycles. The zero-order valence-electron chi connectivity index (χ0n) is 11.5. The first-order chi connectivity index (χ1) is 10.5. The summed E-state index contributed by atoms with van der Waals surface area (Å²) in [5.74, 6) is -0.589. The van der Waals surface area contributed by atoms with Crippen molar-refractivity contribution < 1.29 is 13.6 Å². The van der Waals surface area contributed by atoms with Crippen LogP contribution in [0, 0.1) is 17.1 Å². The number of thioether (sulfide) groups is 1. The van der Waals surface area contributed by atoms with Gasteiger partial charge in [0, 0.05) is 11.3 Å². The number of aromatic nitrogens is 2. The number of hydrogen-bond acceptors (Lipinski definition) is 7. The molecule has 0 aliphatic rings. The lowest BCUT2D eigenvalue weighted by Gasteiger charge is -1.98. The third kappa shape index (κ3) is 3.71. The zero-order valence-corrected chi connectivity index (χ0v) is 12.4. The summed E-state index contributed by atoms with van der Waals surface area (Å²) in [5, 5.41) is 16.6. The van der Waals surface area contributed by atoms with Crippen molar-refractivity contribution in [1.29, 1.82) is 5.26 Å². The molecule has 0 atom stereocenters. The minimum absolute atomic E-state index is 0.0392. The Morgan fingerprint density at radius 1 is 1.41 bits per heavy atom. The summed E-state index contributed by atoms with van der Waals surface area (Å²) in [6, 6.07) is 7.35. The van der Waals surface area contributed by atoms with Crippen LogP contribution in [-0.4, -0.2) is 21.7 Å². The molecule has 1 heterocycles. The highest BCUT2D eigenvalue weighted by Gasteiger charge is 2.15. The van der Waals surface area contributed by atoms with E-state index in [1.807, 2.05) is 0 Å². The van der Waals surface area contributed by atoms with Crippen LogP contribution < -0.4 is 5.73 Å². The fourth-order valence-corrected chi connectivity index (χ4v) is 2.18. The van der Waals surface area contributed by atoms with Gasteiger partial charge in [-0.25, -0.2) is 4.39 Å². The van der Waals surface area contributed by atoms with Gasteiger partial charge in [0.15, 0.2) is 5.78 Å². The minimum Gasteiger partial charge on any atom is -0.411 e. The molecule has 2 N–H and O–H groups in total. The predicted octanol–water partition coefficient (Wildman–Crippen LogP) is 2.29. The van der Waals surface area contributed by atoms with Gasteiger partial charge >= 0.3 is 0 Å². The summed E-state index contributed by atoms with van der Waals surface area (Å²) in [4.78, 5) is 11.8. The number of allylic oxidation sites excluding steroid dienone is 2. The minimum atomic E-state index is -0.408. The second-order valence-electron chi connectivity index (χ2n) is 4.26. The number of rotatable bonds is 5. The fraction of sp³-hybridized carbons (Fsp3) is 0.143. The molecule has 0 radical (unpaired) electrons. The Bertz CT molecular complexity index is 758. The number of Topliss-reactive ketones (excluding diaryl/α,β-unsaturated/α-hetero) is 1. The number of carbonyl (C=O) groups is 1. The molecule has 112 valence electrons. The second-order valence-corrected chi connectivity index (χ2v) is 5.19. The number of nitrogens with two attached hydrogens (primary N) is 1. The molecular weight excluding hydrogens is 307 g/mol. The molecule has 6 nitrogen and oxygen atoms in total. The van der Waals surface area contributed by atoms with Gasteiger partial charge < -0.3 is 10.2 Å². The molecule has 2 rings (SSSR count). The summed E-state index contributed by atoms with van der Waals surface area (Å²) in [7, 11) is 0. The van der Waals surface area contributed by atoms with Gasteiger partial charge in [0.1, 0.15) is 17.5 Å². The van der Waals surface area contributed by atoms with Crippen molar-refractivity contribution in [2.75, 3.05) is 5.75 Å². The number of nitriles is 1. The fourth-order valence-electron chi connectivity index (χ4n) is 1.55. The van der Waals surface area contributed by atoms with Crippen molar-refractivity contribution in [2.24, 2.45) is 5.73 Å². The van der Waals surface area contributed by atoms with Crippen LogP contribution in [0.3, 0.4) is 0 Å². The van der Waals surface area contributed by atoms with Gasteiger partial charge in [-0.2, -0.15) is 5.26 Å². The van der Waals surface area contributed by atoms with Crippen LogP contribution >= 0.6 is 11.8 Å². The number of benzene rings is 1. The van der Waals surface area contributed by atoms with E-state index < -0.39 is 5.78 Å². The highest BCUT2D eigenvalue weighted by molar-refractivity contribution is 7.99. The maximum absolute atomic E-state index is 12.8. The molecule has 0 fully saturated rings. The molecule has 0 saturated heterocycles. The van der Waals surface area contributed by atoms with E-state index in [0.29, 0.717) is 5.56 Å². The van der Waals surface area contributed by atoms with Gasteiger partial charge in [0.05, 0.1) is 5.75 Å². The Hall–Kier alpha value is -2.66. The SMILES string of the molecule is C/C(N)=C(\C#N)C(=O)CSc1nnc(-c2ccc(F)cc2)o1. The van der Waals surface area contributed by atoms with E-state index in [-0.39, 0.29) is 34.0 Å². The average Bonchev–Trinajstić information content (AvgIpc) is 2.95. The van der Waals surface area contributed by atoms with Crippen LogP contribution in [0.5, 0.6) is 0 Å². The molecule has 0 unspecified atom stereocenters. The molecule has 2 aromatic rings. The topological polar surface area (TPSA) is 106 Å². The van der Waals surface area contributed by atoms with Crippen molar-refractivity contribution >= 4 is 17.5 Å². The number of hydrogen-bond donors (Lipinski definition) is 1. The van der Waals surface area contributed by atoms with Gasteiger partial charge in [-0.05, 0) is 31.2 Å². The van der Waals surface area contributed by atoms with Crippen LogP contribution in [0.2, 0.25) is 0 Å². The Morgan fingerprint density at radius 2 is 2.09 bits per heavy atom. The first-order valence-electron chi connectivity index (χ1n) is 6.13. The smallest absolute Gasteiger partial charge is 0.277 e. The van der Waals surface area contributed by atoms with E-state index in [9.17, 15) is 9.18 Å². The van der Waals surface area contributed by atoms with Crippen LogP contribution in [0.15, 0.2) is 45.2 Å². The Labute approximate surface area is 129 Å². The second kappa shape index (κ2) is 6.87. The number of halogens is 1. The van der Waals surface area contributed by atoms with Gasteiger partial charge in [-0.1, -0.05) is 11.8 Å². The lowest BCUT2D eigenvalue weighted by atomic mass is 10.2. The van der Waals surface area contributed by atoms with Crippen molar-refractivity contribution in [3.05, 3.63) is 41.4 Å². The number of carbonyl (C=O) groups excluding carboxylic acids is 1. The standard InChI is InChI=1S/C14H11FN4O2S/c1-8(17)11(6-16)12(20)7-22-14-19-18-13(21-14)9-2-4-10(15)5-3-9/h2-5H,7,17H2,1H3/b11-8-. The van der Waals surface area contributed by atoms with Crippen molar-refractivity contribution in [3.8, 4) is 17.5 Å². The van der Waals surface area contributed by atoms with E-state index in [1.54, 1.807) is 6.07 Å². The van der Waals surface area contributed by atoms with Crippen LogP contribution in [0.4, 0.5) is 4.39 Å². The van der Waals surface area contributed by atoms with Gasteiger partial charge in [0.25, 0.3) is 5.22 Å². The number of nitrogens with zero attached hydrogens (tertiary/aromatic N) is 3. The Morgan fingerprint density at radius 3 is 2.68 bits per heavy atom. The monoisotopic (exact) mass is 318 g/mol. The molecule has 0 amide bonds. The largest absolute Gasteiger partial charge is 0.411 e. The third-order valence-electron chi connectivity index (χ3n) is 2.61. The van der Waals surface area contributed by atoms with Crippen LogP contribution in [0.1, 0.15) is 6.92 Å².